The summed E-state index contributed by atoms with van der Waals surface area (Å²) in [6.07, 6.45) is 1.03. The molecule has 0 atom stereocenters. The van der Waals surface area contributed by atoms with Crippen molar-refractivity contribution in [2.24, 2.45) is 0 Å². The van der Waals surface area contributed by atoms with E-state index in [0.29, 0.717) is 25.9 Å². The second-order valence-corrected chi connectivity index (χ2v) is 3.91. The van der Waals surface area contributed by atoms with Crippen molar-refractivity contribution in [3.05, 3.63) is 0 Å². The molecule has 0 saturated heterocycles. The summed E-state index contributed by atoms with van der Waals surface area (Å²) in [5, 5.41) is 10.9. The lowest BCUT2D eigenvalue weighted by Gasteiger charge is -2.18. The van der Waals surface area contributed by atoms with Crippen molar-refractivity contribution in [2.45, 2.75) is 39.5 Å². The molecule has 0 aromatic carbocycles. The van der Waals surface area contributed by atoms with E-state index in [4.69, 9.17) is 5.11 Å². The lowest BCUT2D eigenvalue weighted by molar-refractivity contribution is -0.137. The van der Waals surface area contributed by atoms with Gasteiger partial charge >= 0.3 is 5.97 Å². The Hall–Kier alpha value is -1.59. The molecular formula is C12H22N2O4. The van der Waals surface area contributed by atoms with Gasteiger partial charge in [0.15, 0.2) is 0 Å². The maximum atomic E-state index is 11.6. The van der Waals surface area contributed by atoms with Crippen molar-refractivity contribution in [1.29, 1.82) is 0 Å². The summed E-state index contributed by atoms with van der Waals surface area (Å²) in [5.74, 6) is -1.09. The summed E-state index contributed by atoms with van der Waals surface area (Å²) in [5.41, 5.74) is 0. The van der Waals surface area contributed by atoms with Crippen LogP contribution in [-0.2, 0) is 14.4 Å². The van der Waals surface area contributed by atoms with E-state index in [-0.39, 0.29) is 31.2 Å². The minimum absolute atomic E-state index is 0.0540. The number of rotatable bonds is 9. The predicted octanol–water partition coefficient (Wildman–Crippen LogP) is 0.616. The zero-order chi connectivity index (χ0) is 14.0. The number of amides is 2. The van der Waals surface area contributed by atoms with Gasteiger partial charge in [-0.05, 0) is 20.3 Å². The van der Waals surface area contributed by atoms with E-state index in [9.17, 15) is 14.4 Å². The van der Waals surface area contributed by atoms with Crippen LogP contribution in [0.1, 0.15) is 39.5 Å². The highest BCUT2D eigenvalue weighted by atomic mass is 16.4. The fourth-order valence-electron chi connectivity index (χ4n) is 1.53. The first-order chi connectivity index (χ1) is 8.51. The lowest BCUT2D eigenvalue weighted by atomic mass is 10.2. The quantitative estimate of drug-likeness (QED) is 0.634. The molecule has 0 fully saturated rings. The third-order valence-electron chi connectivity index (χ3n) is 2.57. The van der Waals surface area contributed by atoms with Crippen LogP contribution in [0.5, 0.6) is 0 Å². The van der Waals surface area contributed by atoms with E-state index >= 15 is 0 Å². The van der Waals surface area contributed by atoms with Gasteiger partial charge in [0.05, 0.1) is 6.42 Å². The number of carbonyl (C=O) groups excluding carboxylic acids is 2. The molecule has 6 nitrogen and oxygen atoms in total. The Labute approximate surface area is 107 Å². The van der Waals surface area contributed by atoms with Gasteiger partial charge in [0.1, 0.15) is 0 Å². The van der Waals surface area contributed by atoms with Gasteiger partial charge in [0.25, 0.3) is 0 Å². The Bertz CT molecular complexity index is 288. The third-order valence-corrected chi connectivity index (χ3v) is 2.57. The fourth-order valence-corrected chi connectivity index (χ4v) is 1.53. The molecular weight excluding hydrogens is 236 g/mol. The Morgan fingerprint density at radius 3 is 2.17 bits per heavy atom. The van der Waals surface area contributed by atoms with Crippen LogP contribution in [0.3, 0.4) is 0 Å². The minimum Gasteiger partial charge on any atom is -0.481 e. The van der Waals surface area contributed by atoms with Crippen LogP contribution >= 0.6 is 0 Å². The molecule has 104 valence electrons. The van der Waals surface area contributed by atoms with Gasteiger partial charge in [-0.2, -0.15) is 0 Å². The largest absolute Gasteiger partial charge is 0.481 e. The molecule has 0 bridgehead atoms. The van der Waals surface area contributed by atoms with Gasteiger partial charge < -0.3 is 15.3 Å². The smallest absolute Gasteiger partial charge is 0.305 e. The number of nitrogens with one attached hydrogen (secondary N) is 1. The zero-order valence-corrected chi connectivity index (χ0v) is 11.1. The first kappa shape index (κ1) is 16.4. The molecule has 0 unspecified atom stereocenters. The van der Waals surface area contributed by atoms with Gasteiger partial charge in [-0.25, -0.2) is 0 Å². The van der Waals surface area contributed by atoms with Crippen LogP contribution in [0.4, 0.5) is 0 Å². The van der Waals surface area contributed by atoms with Crippen molar-refractivity contribution in [2.75, 3.05) is 19.6 Å². The normalized spacial score (nSPS) is 9.89. The SMILES string of the molecule is CCN(CC)C(=O)CCCC(=O)NCCC(=O)O. The first-order valence-corrected chi connectivity index (χ1v) is 6.27. The van der Waals surface area contributed by atoms with Crippen molar-refractivity contribution in [3.8, 4) is 0 Å². The monoisotopic (exact) mass is 258 g/mol. The van der Waals surface area contributed by atoms with Crippen molar-refractivity contribution in [1.82, 2.24) is 10.2 Å². The second kappa shape index (κ2) is 9.44. The number of hydrogen-bond acceptors (Lipinski definition) is 3. The lowest BCUT2D eigenvalue weighted by Crippen LogP contribution is -2.31. The fraction of sp³-hybridized carbons (Fsp3) is 0.750. The molecule has 0 heterocycles. The van der Waals surface area contributed by atoms with Crippen LogP contribution in [0.15, 0.2) is 0 Å². The number of carboxylic acids is 1. The van der Waals surface area contributed by atoms with E-state index in [1.807, 2.05) is 13.8 Å². The average molecular weight is 258 g/mol. The molecule has 0 aliphatic carbocycles. The average Bonchev–Trinajstić information content (AvgIpc) is 2.30. The maximum Gasteiger partial charge on any atom is 0.305 e. The summed E-state index contributed by atoms with van der Waals surface area (Å²) < 4.78 is 0. The molecule has 0 radical (unpaired) electrons. The summed E-state index contributed by atoms with van der Waals surface area (Å²) in [6.45, 7) is 5.33. The summed E-state index contributed by atoms with van der Waals surface area (Å²) >= 11 is 0. The predicted molar refractivity (Wildman–Crippen MR) is 67.0 cm³/mol. The molecule has 0 aliphatic heterocycles. The highest BCUT2D eigenvalue weighted by molar-refractivity contribution is 5.79. The molecule has 18 heavy (non-hydrogen) atoms. The second-order valence-electron chi connectivity index (χ2n) is 3.91. The Kier molecular flexibility index (Phi) is 8.61. The number of aliphatic carboxylic acids is 1. The molecule has 0 rings (SSSR count). The zero-order valence-electron chi connectivity index (χ0n) is 11.1. The summed E-state index contributed by atoms with van der Waals surface area (Å²) in [4.78, 5) is 34.8. The minimum atomic E-state index is -0.938. The van der Waals surface area contributed by atoms with Crippen LogP contribution in [0.2, 0.25) is 0 Å². The molecule has 0 saturated carbocycles. The van der Waals surface area contributed by atoms with Crippen LogP contribution < -0.4 is 5.32 Å². The number of hydrogen-bond donors (Lipinski definition) is 2. The number of carboxylic acid groups (broad SMARTS) is 1. The van der Waals surface area contributed by atoms with E-state index in [2.05, 4.69) is 5.32 Å². The van der Waals surface area contributed by atoms with Crippen LogP contribution in [-0.4, -0.2) is 47.4 Å². The van der Waals surface area contributed by atoms with E-state index in [1.165, 1.54) is 0 Å². The Morgan fingerprint density at radius 2 is 1.67 bits per heavy atom. The standard InChI is InChI=1S/C12H22N2O4/c1-3-14(4-2)11(16)7-5-6-10(15)13-9-8-12(17)18/h3-9H2,1-2H3,(H,13,15)(H,17,18). The number of carbonyl (C=O) groups is 3. The molecule has 0 spiro atoms. The van der Waals surface area contributed by atoms with E-state index in [0.717, 1.165) is 0 Å². The van der Waals surface area contributed by atoms with Gasteiger partial charge in [0, 0.05) is 32.5 Å². The van der Waals surface area contributed by atoms with E-state index < -0.39 is 5.97 Å². The Morgan fingerprint density at radius 1 is 1.06 bits per heavy atom. The molecule has 0 aromatic heterocycles. The van der Waals surface area contributed by atoms with Gasteiger partial charge in [-0.1, -0.05) is 0 Å². The van der Waals surface area contributed by atoms with Crippen molar-refractivity contribution < 1.29 is 19.5 Å². The summed E-state index contributed by atoms with van der Waals surface area (Å²) in [7, 11) is 0. The maximum absolute atomic E-state index is 11.6. The highest BCUT2D eigenvalue weighted by Gasteiger charge is 2.10. The molecule has 2 N–H and O–H groups in total. The number of nitrogens with zero attached hydrogens (tertiary/aromatic N) is 1. The molecule has 0 aromatic rings. The van der Waals surface area contributed by atoms with Crippen molar-refractivity contribution >= 4 is 17.8 Å². The van der Waals surface area contributed by atoms with Crippen LogP contribution in [0.25, 0.3) is 0 Å². The van der Waals surface area contributed by atoms with Gasteiger partial charge in [-0.15, -0.1) is 0 Å². The third kappa shape index (κ3) is 7.65. The van der Waals surface area contributed by atoms with E-state index in [1.54, 1.807) is 4.90 Å². The first-order valence-electron chi connectivity index (χ1n) is 6.27. The molecule has 0 aliphatic rings. The molecule has 2 amide bonds. The van der Waals surface area contributed by atoms with Crippen molar-refractivity contribution in [3.63, 3.8) is 0 Å². The summed E-state index contributed by atoms with van der Waals surface area (Å²) in [6, 6.07) is 0. The van der Waals surface area contributed by atoms with Gasteiger partial charge in [0.2, 0.25) is 11.8 Å². The topological polar surface area (TPSA) is 86.7 Å². The van der Waals surface area contributed by atoms with Crippen LogP contribution in [0, 0.1) is 0 Å². The Balaban J connectivity index is 3.67. The van der Waals surface area contributed by atoms with Gasteiger partial charge in [-0.3, -0.25) is 14.4 Å². The molecule has 6 heteroatoms. The highest BCUT2D eigenvalue weighted by Crippen LogP contribution is 2.01.